The zero-order valence-corrected chi connectivity index (χ0v) is 10.2. The molecule has 0 amide bonds. The van der Waals surface area contributed by atoms with Crippen LogP contribution < -0.4 is 0 Å². The van der Waals surface area contributed by atoms with Gasteiger partial charge in [0.1, 0.15) is 0 Å². The molecule has 0 aromatic carbocycles. The lowest BCUT2D eigenvalue weighted by atomic mass is 10.2. The number of aromatic nitrogens is 1. The number of rotatable bonds is 3. The molecule has 0 spiro atoms. The van der Waals surface area contributed by atoms with Gasteiger partial charge < -0.3 is 5.11 Å². The van der Waals surface area contributed by atoms with Crippen LogP contribution in [0.15, 0.2) is 23.4 Å². The zero-order valence-electron chi connectivity index (χ0n) is 8.64. The fourth-order valence-corrected chi connectivity index (χ4v) is 2.20. The number of carboxylic acid groups (broad SMARTS) is 1. The SMILES string of the molecule is CC(C)(C(=O)O)S(=O)(=O)c1ccc(Cl)cn1. The van der Waals surface area contributed by atoms with Crippen molar-refractivity contribution >= 4 is 27.4 Å². The summed E-state index contributed by atoms with van der Waals surface area (Å²) in [5, 5.41) is 8.84. The molecule has 0 atom stereocenters. The monoisotopic (exact) mass is 263 g/mol. The summed E-state index contributed by atoms with van der Waals surface area (Å²) < 4.78 is 21.9. The molecule has 5 nitrogen and oxygen atoms in total. The summed E-state index contributed by atoms with van der Waals surface area (Å²) in [6.45, 7) is 2.22. The molecule has 7 heteroatoms. The Balaban J connectivity index is 3.33. The van der Waals surface area contributed by atoms with Crippen LogP contribution in [0.1, 0.15) is 13.8 Å². The highest BCUT2D eigenvalue weighted by Gasteiger charge is 2.43. The van der Waals surface area contributed by atoms with Crippen molar-refractivity contribution in [1.82, 2.24) is 4.98 Å². The van der Waals surface area contributed by atoms with Gasteiger partial charge in [-0.15, -0.1) is 0 Å². The van der Waals surface area contributed by atoms with Gasteiger partial charge in [0.05, 0.1) is 5.02 Å². The van der Waals surface area contributed by atoms with Crippen molar-refractivity contribution in [3.8, 4) is 0 Å². The van der Waals surface area contributed by atoms with Crippen LogP contribution in [0.3, 0.4) is 0 Å². The molecule has 0 aliphatic carbocycles. The largest absolute Gasteiger partial charge is 0.480 e. The summed E-state index contributed by atoms with van der Waals surface area (Å²) in [6.07, 6.45) is 1.16. The number of hydrogen-bond acceptors (Lipinski definition) is 4. The summed E-state index contributed by atoms with van der Waals surface area (Å²) >= 11 is 5.56. The normalized spacial score (nSPS) is 12.4. The quantitative estimate of drug-likeness (QED) is 0.890. The number of nitrogens with zero attached hydrogens (tertiary/aromatic N) is 1. The Morgan fingerprint density at radius 3 is 2.38 bits per heavy atom. The van der Waals surface area contributed by atoms with Crippen molar-refractivity contribution in [3.63, 3.8) is 0 Å². The number of halogens is 1. The molecule has 0 saturated heterocycles. The third-order valence-electron chi connectivity index (χ3n) is 2.16. The molecule has 0 unspecified atom stereocenters. The smallest absolute Gasteiger partial charge is 0.324 e. The lowest BCUT2D eigenvalue weighted by molar-refractivity contribution is -0.139. The van der Waals surface area contributed by atoms with E-state index in [1.165, 1.54) is 12.1 Å². The van der Waals surface area contributed by atoms with Gasteiger partial charge in [0.25, 0.3) is 0 Å². The van der Waals surface area contributed by atoms with Gasteiger partial charge in [-0.25, -0.2) is 13.4 Å². The van der Waals surface area contributed by atoms with E-state index in [-0.39, 0.29) is 10.0 Å². The standard InChI is InChI=1S/C9H10ClNO4S/c1-9(2,8(12)13)16(14,15)7-4-3-6(10)5-11-7/h3-5H,1-2H3,(H,12,13). The molecule has 16 heavy (non-hydrogen) atoms. The van der Waals surface area contributed by atoms with Crippen LogP contribution in [-0.2, 0) is 14.6 Å². The minimum Gasteiger partial charge on any atom is -0.480 e. The number of sulfone groups is 1. The lowest BCUT2D eigenvalue weighted by Crippen LogP contribution is -2.40. The van der Waals surface area contributed by atoms with Gasteiger partial charge in [-0.2, -0.15) is 0 Å². The van der Waals surface area contributed by atoms with Crippen molar-refractivity contribution < 1.29 is 18.3 Å². The molecular formula is C9H10ClNO4S. The van der Waals surface area contributed by atoms with Crippen molar-refractivity contribution in [3.05, 3.63) is 23.4 Å². The second-order valence-electron chi connectivity index (χ2n) is 3.63. The molecule has 1 heterocycles. The van der Waals surface area contributed by atoms with E-state index in [2.05, 4.69) is 4.98 Å². The summed E-state index contributed by atoms with van der Waals surface area (Å²) in [6, 6.07) is 2.53. The van der Waals surface area contributed by atoms with Crippen molar-refractivity contribution in [2.24, 2.45) is 0 Å². The first kappa shape index (κ1) is 12.9. The van der Waals surface area contributed by atoms with Gasteiger partial charge in [0.15, 0.2) is 9.77 Å². The van der Waals surface area contributed by atoms with Gasteiger partial charge in [0, 0.05) is 6.20 Å². The minimum atomic E-state index is -4.02. The first-order valence-electron chi connectivity index (χ1n) is 4.29. The molecule has 0 fully saturated rings. The first-order chi connectivity index (χ1) is 7.19. The average Bonchev–Trinajstić information content (AvgIpc) is 2.17. The third kappa shape index (κ3) is 2.03. The molecule has 1 rings (SSSR count). The predicted molar refractivity (Wildman–Crippen MR) is 58.1 cm³/mol. The maximum atomic E-state index is 11.9. The van der Waals surface area contributed by atoms with Crippen molar-refractivity contribution in [1.29, 1.82) is 0 Å². The van der Waals surface area contributed by atoms with E-state index in [1.54, 1.807) is 0 Å². The van der Waals surface area contributed by atoms with Crippen LogP contribution in [-0.4, -0.2) is 29.2 Å². The molecule has 0 bridgehead atoms. The second kappa shape index (κ2) is 4.03. The van der Waals surface area contributed by atoms with E-state index in [9.17, 15) is 13.2 Å². The van der Waals surface area contributed by atoms with Crippen LogP contribution in [0, 0.1) is 0 Å². The second-order valence-corrected chi connectivity index (χ2v) is 6.52. The van der Waals surface area contributed by atoms with Gasteiger partial charge >= 0.3 is 5.97 Å². The van der Waals surface area contributed by atoms with Crippen LogP contribution >= 0.6 is 11.6 Å². The molecule has 1 N–H and O–H groups in total. The molecule has 1 aromatic heterocycles. The Morgan fingerprint density at radius 1 is 1.44 bits per heavy atom. The number of carboxylic acids is 1. The highest BCUT2D eigenvalue weighted by Crippen LogP contribution is 2.24. The van der Waals surface area contributed by atoms with Gasteiger partial charge in [0.2, 0.25) is 9.84 Å². The summed E-state index contributed by atoms with van der Waals surface area (Å²) in [4.78, 5) is 14.5. The Morgan fingerprint density at radius 2 is 2.00 bits per heavy atom. The van der Waals surface area contributed by atoms with Crippen LogP contribution in [0.25, 0.3) is 0 Å². The van der Waals surface area contributed by atoms with E-state index < -0.39 is 20.6 Å². The average molecular weight is 264 g/mol. The highest BCUT2D eigenvalue weighted by molar-refractivity contribution is 7.93. The third-order valence-corrected chi connectivity index (χ3v) is 4.70. The van der Waals surface area contributed by atoms with E-state index in [4.69, 9.17) is 16.7 Å². The fourth-order valence-electron chi connectivity index (χ4n) is 0.898. The zero-order chi connectivity index (χ0) is 12.6. The molecule has 0 aliphatic heterocycles. The van der Waals surface area contributed by atoms with Crippen molar-refractivity contribution in [2.75, 3.05) is 0 Å². The van der Waals surface area contributed by atoms with Gasteiger partial charge in [-0.1, -0.05) is 11.6 Å². The van der Waals surface area contributed by atoms with Crippen LogP contribution in [0.5, 0.6) is 0 Å². The molecular weight excluding hydrogens is 254 g/mol. The van der Waals surface area contributed by atoms with E-state index >= 15 is 0 Å². The summed E-state index contributed by atoms with van der Waals surface area (Å²) in [7, 11) is -4.02. The van der Waals surface area contributed by atoms with Crippen LogP contribution in [0.4, 0.5) is 0 Å². The number of aliphatic carboxylic acids is 1. The highest BCUT2D eigenvalue weighted by atomic mass is 35.5. The topological polar surface area (TPSA) is 84.3 Å². The maximum Gasteiger partial charge on any atom is 0.324 e. The van der Waals surface area contributed by atoms with Gasteiger partial charge in [-0.3, -0.25) is 4.79 Å². The lowest BCUT2D eigenvalue weighted by Gasteiger charge is -2.18. The fraction of sp³-hybridized carbons (Fsp3) is 0.333. The number of hydrogen-bond donors (Lipinski definition) is 1. The number of carbonyl (C=O) groups is 1. The molecule has 0 radical (unpaired) electrons. The number of pyridine rings is 1. The first-order valence-corrected chi connectivity index (χ1v) is 6.15. The Hall–Kier alpha value is -1.14. The Kier molecular flexibility index (Phi) is 3.25. The predicted octanol–water partition coefficient (Wildman–Crippen LogP) is 1.37. The molecule has 88 valence electrons. The molecule has 1 aromatic rings. The summed E-state index contributed by atoms with van der Waals surface area (Å²) in [5.74, 6) is -1.43. The summed E-state index contributed by atoms with van der Waals surface area (Å²) in [5.41, 5.74) is 0. The van der Waals surface area contributed by atoms with E-state index in [0.29, 0.717) is 0 Å². The van der Waals surface area contributed by atoms with E-state index in [1.807, 2.05) is 0 Å². The van der Waals surface area contributed by atoms with Crippen molar-refractivity contribution in [2.45, 2.75) is 23.6 Å². The van der Waals surface area contributed by atoms with Crippen LogP contribution in [0.2, 0.25) is 5.02 Å². The van der Waals surface area contributed by atoms with Gasteiger partial charge in [-0.05, 0) is 26.0 Å². The maximum absolute atomic E-state index is 11.9. The minimum absolute atomic E-state index is 0.284. The Bertz CT molecular complexity index is 507. The van der Waals surface area contributed by atoms with E-state index in [0.717, 1.165) is 20.0 Å². The molecule has 0 aliphatic rings. The molecule has 0 saturated carbocycles. The Labute approximate surface area is 98.0 Å².